The Labute approximate surface area is 90.4 Å². The van der Waals surface area contributed by atoms with E-state index >= 15 is 0 Å². The molecule has 68 valence electrons. The van der Waals surface area contributed by atoms with E-state index in [1.54, 1.807) is 18.2 Å². The molecule has 0 radical (unpaired) electrons. The van der Waals surface area contributed by atoms with E-state index in [1.165, 1.54) is 12.1 Å². The van der Waals surface area contributed by atoms with Crippen LogP contribution >= 0.6 is 22.6 Å². The summed E-state index contributed by atoms with van der Waals surface area (Å²) in [6.07, 6.45) is 0. The number of rotatable bonds is 2. The molecule has 5 heteroatoms. The van der Waals surface area contributed by atoms with Crippen LogP contribution in [0.15, 0.2) is 29.2 Å². The maximum absolute atomic E-state index is 11.3. The van der Waals surface area contributed by atoms with Crippen molar-refractivity contribution < 1.29 is 8.42 Å². The average Bonchev–Trinajstić information content (AvgIpc) is 2.05. The number of nitrogens with zero attached hydrogens (tertiary/aromatic N) is 1. The zero-order chi connectivity index (χ0) is 9.90. The van der Waals surface area contributed by atoms with Crippen LogP contribution in [0, 0.1) is 14.9 Å². The van der Waals surface area contributed by atoms with E-state index in [2.05, 4.69) is 22.6 Å². The van der Waals surface area contributed by atoms with Gasteiger partial charge in [-0.15, -0.1) is 0 Å². The molecule has 0 saturated heterocycles. The maximum atomic E-state index is 11.3. The van der Waals surface area contributed by atoms with E-state index in [1.807, 2.05) is 0 Å². The predicted molar refractivity (Wildman–Crippen MR) is 56.8 cm³/mol. The predicted octanol–water partition coefficient (Wildman–Crippen LogP) is 1.59. The molecule has 0 N–H and O–H groups in total. The summed E-state index contributed by atoms with van der Waals surface area (Å²) in [7, 11) is -3.39. The van der Waals surface area contributed by atoms with Gasteiger partial charge in [0.1, 0.15) is 5.75 Å². The van der Waals surface area contributed by atoms with Crippen molar-refractivity contribution in [1.29, 1.82) is 5.26 Å². The minimum Gasteiger partial charge on any atom is -0.223 e. The summed E-state index contributed by atoms with van der Waals surface area (Å²) in [5.74, 6) is -0.465. The van der Waals surface area contributed by atoms with Crippen LogP contribution in [0.4, 0.5) is 0 Å². The van der Waals surface area contributed by atoms with Crippen molar-refractivity contribution in [3.05, 3.63) is 27.8 Å². The summed E-state index contributed by atoms with van der Waals surface area (Å²) in [5.41, 5.74) is 0. The zero-order valence-corrected chi connectivity index (χ0v) is 9.54. The first-order chi connectivity index (χ1) is 6.06. The monoisotopic (exact) mass is 307 g/mol. The van der Waals surface area contributed by atoms with Crippen molar-refractivity contribution in [2.24, 2.45) is 0 Å². The second-order valence-electron chi connectivity index (χ2n) is 2.37. The van der Waals surface area contributed by atoms with Crippen molar-refractivity contribution in [3.8, 4) is 6.07 Å². The topological polar surface area (TPSA) is 57.9 Å². The molecule has 0 fully saturated rings. The summed E-state index contributed by atoms with van der Waals surface area (Å²) in [5, 5.41) is 8.29. The third-order valence-electron chi connectivity index (χ3n) is 1.43. The summed E-state index contributed by atoms with van der Waals surface area (Å²) in [6.45, 7) is 0. The Morgan fingerprint density at radius 3 is 2.31 bits per heavy atom. The first-order valence-electron chi connectivity index (χ1n) is 3.41. The van der Waals surface area contributed by atoms with Crippen molar-refractivity contribution in [2.45, 2.75) is 4.90 Å². The van der Waals surface area contributed by atoms with Gasteiger partial charge in [0.15, 0.2) is 9.84 Å². The Kier molecular flexibility index (Phi) is 3.27. The molecule has 0 aromatic heterocycles. The molecule has 1 rings (SSSR count). The highest BCUT2D eigenvalue weighted by atomic mass is 127. The van der Waals surface area contributed by atoms with Crippen molar-refractivity contribution in [2.75, 3.05) is 5.75 Å². The van der Waals surface area contributed by atoms with Gasteiger partial charge >= 0.3 is 0 Å². The van der Waals surface area contributed by atoms with Crippen LogP contribution in [0.5, 0.6) is 0 Å². The molecule has 13 heavy (non-hydrogen) atoms. The van der Waals surface area contributed by atoms with Gasteiger partial charge in [-0.2, -0.15) is 5.26 Å². The molecule has 0 bridgehead atoms. The lowest BCUT2D eigenvalue weighted by atomic mass is 10.4. The number of halogens is 1. The fourth-order valence-electron chi connectivity index (χ4n) is 0.810. The van der Waals surface area contributed by atoms with E-state index < -0.39 is 15.6 Å². The first-order valence-corrected chi connectivity index (χ1v) is 6.14. The largest absolute Gasteiger partial charge is 0.223 e. The van der Waals surface area contributed by atoms with Gasteiger partial charge in [0.2, 0.25) is 0 Å². The van der Waals surface area contributed by atoms with Gasteiger partial charge in [-0.1, -0.05) is 0 Å². The van der Waals surface area contributed by atoms with Gasteiger partial charge in [-0.3, -0.25) is 0 Å². The lowest BCUT2D eigenvalue weighted by Crippen LogP contribution is -2.04. The molecule has 0 aliphatic rings. The van der Waals surface area contributed by atoms with Gasteiger partial charge in [-0.25, -0.2) is 8.42 Å². The molecule has 1 aromatic carbocycles. The average molecular weight is 307 g/mol. The van der Waals surface area contributed by atoms with Crippen LogP contribution in [0.25, 0.3) is 0 Å². The number of hydrogen-bond donors (Lipinski definition) is 0. The number of nitriles is 1. The molecule has 0 saturated carbocycles. The fourth-order valence-corrected chi connectivity index (χ4v) is 2.06. The summed E-state index contributed by atoms with van der Waals surface area (Å²) in [6, 6.07) is 8.05. The third-order valence-corrected chi connectivity index (χ3v) is 3.65. The molecule has 0 unspecified atom stereocenters. The molecule has 3 nitrogen and oxygen atoms in total. The van der Waals surface area contributed by atoms with Crippen LogP contribution < -0.4 is 0 Å². The van der Waals surface area contributed by atoms with E-state index in [-0.39, 0.29) is 4.90 Å². The van der Waals surface area contributed by atoms with E-state index in [0.29, 0.717) is 0 Å². The van der Waals surface area contributed by atoms with Gasteiger partial charge in [0.05, 0.1) is 11.0 Å². The molecular weight excluding hydrogens is 301 g/mol. The molecule has 0 atom stereocenters. The smallest absolute Gasteiger partial charge is 0.191 e. The number of hydrogen-bond acceptors (Lipinski definition) is 3. The number of sulfone groups is 1. The van der Waals surface area contributed by atoms with Crippen LogP contribution in [0.2, 0.25) is 0 Å². The SMILES string of the molecule is N#CCS(=O)(=O)c1ccc(I)cc1. The molecule has 0 aliphatic carbocycles. The quantitative estimate of drug-likeness (QED) is 0.780. The molecule has 0 aliphatic heterocycles. The van der Waals surface area contributed by atoms with Crippen LogP contribution in [0.1, 0.15) is 0 Å². The minimum absolute atomic E-state index is 0.203. The fraction of sp³-hybridized carbons (Fsp3) is 0.125. The van der Waals surface area contributed by atoms with Crippen molar-refractivity contribution >= 4 is 32.4 Å². The van der Waals surface area contributed by atoms with Crippen LogP contribution in [-0.4, -0.2) is 14.2 Å². The lowest BCUT2D eigenvalue weighted by Gasteiger charge is -1.98. The highest BCUT2D eigenvalue weighted by Gasteiger charge is 2.12. The maximum Gasteiger partial charge on any atom is 0.191 e. The summed E-state index contributed by atoms with van der Waals surface area (Å²) < 4.78 is 23.6. The molecule has 0 heterocycles. The highest BCUT2D eigenvalue weighted by molar-refractivity contribution is 14.1. The normalized spacial score (nSPS) is 10.8. The summed E-state index contributed by atoms with van der Waals surface area (Å²) in [4.78, 5) is 0.203. The molecular formula is C8H6INO2S. The van der Waals surface area contributed by atoms with Crippen molar-refractivity contribution in [1.82, 2.24) is 0 Å². The lowest BCUT2D eigenvalue weighted by molar-refractivity contribution is 0.599. The Morgan fingerprint density at radius 2 is 1.85 bits per heavy atom. The zero-order valence-electron chi connectivity index (χ0n) is 6.57. The van der Waals surface area contributed by atoms with Gasteiger partial charge < -0.3 is 0 Å². The Hall–Kier alpha value is -0.610. The van der Waals surface area contributed by atoms with E-state index in [9.17, 15) is 8.42 Å². The summed E-state index contributed by atoms with van der Waals surface area (Å²) >= 11 is 2.09. The third kappa shape index (κ3) is 2.67. The number of benzene rings is 1. The van der Waals surface area contributed by atoms with Gasteiger partial charge in [-0.05, 0) is 46.9 Å². The first kappa shape index (κ1) is 10.5. The molecule has 1 aromatic rings. The Bertz CT molecular complexity index is 430. The minimum atomic E-state index is -3.39. The molecule has 0 amide bonds. The van der Waals surface area contributed by atoms with E-state index in [0.717, 1.165) is 3.57 Å². The van der Waals surface area contributed by atoms with Crippen LogP contribution in [-0.2, 0) is 9.84 Å². The highest BCUT2D eigenvalue weighted by Crippen LogP contribution is 2.13. The standard InChI is InChI=1S/C8H6INO2S/c9-7-1-3-8(4-2-7)13(11,12)6-5-10/h1-4H,6H2. The molecule has 0 spiro atoms. The Morgan fingerprint density at radius 1 is 1.31 bits per heavy atom. The van der Waals surface area contributed by atoms with Crippen LogP contribution in [0.3, 0.4) is 0 Å². The van der Waals surface area contributed by atoms with Crippen molar-refractivity contribution in [3.63, 3.8) is 0 Å². The van der Waals surface area contributed by atoms with Gasteiger partial charge in [0.25, 0.3) is 0 Å². The Balaban J connectivity index is 3.11. The van der Waals surface area contributed by atoms with E-state index in [4.69, 9.17) is 5.26 Å². The van der Waals surface area contributed by atoms with Gasteiger partial charge in [0, 0.05) is 3.57 Å². The second-order valence-corrected chi connectivity index (χ2v) is 5.61. The second kappa shape index (κ2) is 4.07.